The normalized spacial score (nSPS) is 22.4. The molecular formula is C16H24N2O2. The predicted octanol–water partition coefficient (Wildman–Crippen LogP) is 3.07. The van der Waals surface area contributed by atoms with E-state index in [0.717, 1.165) is 5.69 Å². The molecule has 0 saturated heterocycles. The lowest BCUT2D eigenvalue weighted by molar-refractivity contribution is 0.0601. The summed E-state index contributed by atoms with van der Waals surface area (Å²) in [7, 11) is 3.46. The van der Waals surface area contributed by atoms with Crippen molar-refractivity contribution in [2.24, 2.45) is 5.92 Å². The Labute approximate surface area is 120 Å². The number of nitrogens with two attached hydrogens (primary N) is 1. The topological polar surface area (TPSA) is 55.6 Å². The average Bonchev–Trinajstić information content (AvgIpc) is 2.46. The van der Waals surface area contributed by atoms with Gasteiger partial charge in [0.25, 0.3) is 0 Å². The van der Waals surface area contributed by atoms with Gasteiger partial charge in [0, 0.05) is 18.8 Å². The summed E-state index contributed by atoms with van der Waals surface area (Å²) in [6, 6.07) is 5.93. The smallest absolute Gasteiger partial charge is 0.340 e. The number of benzene rings is 1. The molecule has 0 aliphatic heterocycles. The summed E-state index contributed by atoms with van der Waals surface area (Å²) in [6.07, 6.45) is 4.97. The van der Waals surface area contributed by atoms with E-state index in [-0.39, 0.29) is 5.97 Å². The molecule has 0 spiro atoms. The molecule has 2 N–H and O–H groups in total. The van der Waals surface area contributed by atoms with Crippen LogP contribution in [0.3, 0.4) is 0 Å². The molecule has 2 unspecified atom stereocenters. The lowest BCUT2D eigenvalue weighted by Gasteiger charge is -2.38. The van der Waals surface area contributed by atoms with Gasteiger partial charge in [-0.25, -0.2) is 4.79 Å². The van der Waals surface area contributed by atoms with Crippen molar-refractivity contribution < 1.29 is 9.53 Å². The number of ether oxygens (including phenoxy) is 1. The van der Waals surface area contributed by atoms with Crippen LogP contribution in [0.1, 0.15) is 43.0 Å². The fraction of sp³-hybridized carbons (Fsp3) is 0.562. The first kappa shape index (κ1) is 14.7. The molecule has 0 heterocycles. The van der Waals surface area contributed by atoms with Crippen molar-refractivity contribution in [3.63, 3.8) is 0 Å². The van der Waals surface area contributed by atoms with Crippen LogP contribution in [0.15, 0.2) is 18.2 Å². The minimum absolute atomic E-state index is 0.331. The van der Waals surface area contributed by atoms with Gasteiger partial charge in [0.15, 0.2) is 0 Å². The number of hydrogen-bond donors (Lipinski definition) is 1. The standard InChI is InChI=1S/C16H24N2O2/c1-11-6-4-5-7-14(11)18(2)15-9-8-12(17)10-13(15)16(19)20-3/h8-11,14H,4-7,17H2,1-3H3. The minimum Gasteiger partial charge on any atom is -0.465 e. The van der Waals surface area contributed by atoms with Crippen molar-refractivity contribution in [1.29, 1.82) is 0 Å². The Hall–Kier alpha value is -1.71. The maximum absolute atomic E-state index is 12.0. The van der Waals surface area contributed by atoms with E-state index >= 15 is 0 Å². The average molecular weight is 276 g/mol. The molecule has 1 aromatic carbocycles. The first-order valence-corrected chi connectivity index (χ1v) is 7.25. The molecule has 1 aromatic rings. The van der Waals surface area contributed by atoms with E-state index in [4.69, 9.17) is 10.5 Å². The van der Waals surface area contributed by atoms with Gasteiger partial charge in [-0.3, -0.25) is 0 Å². The SMILES string of the molecule is COC(=O)c1cc(N)ccc1N(C)C1CCCCC1C. The third-order valence-corrected chi connectivity index (χ3v) is 4.37. The van der Waals surface area contributed by atoms with Crippen molar-refractivity contribution >= 4 is 17.3 Å². The Morgan fingerprint density at radius 1 is 1.35 bits per heavy atom. The van der Waals surface area contributed by atoms with Crippen LogP contribution in [-0.4, -0.2) is 26.2 Å². The largest absolute Gasteiger partial charge is 0.465 e. The Morgan fingerprint density at radius 2 is 2.05 bits per heavy atom. The van der Waals surface area contributed by atoms with E-state index < -0.39 is 0 Å². The van der Waals surface area contributed by atoms with E-state index in [1.165, 1.54) is 32.8 Å². The highest BCUT2D eigenvalue weighted by molar-refractivity contribution is 5.97. The zero-order chi connectivity index (χ0) is 14.7. The van der Waals surface area contributed by atoms with Gasteiger partial charge >= 0.3 is 5.97 Å². The number of nitrogens with zero attached hydrogens (tertiary/aromatic N) is 1. The lowest BCUT2D eigenvalue weighted by atomic mass is 9.84. The highest BCUT2D eigenvalue weighted by atomic mass is 16.5. The highest BCUT2D eigenvalue weighted by Gasteiger charge is 2.27. The summed E-state index contributed by atoms with van der Waals surface area (Å²) in [5.74, 6) is 0.305. The second-order valence-electron chi connectivity index (χ2n) is 5.71. The van der Waals surface area contributed by atoms with Crippen LogP contribution in [-0.2, 0) is 4.74 Å². The van der Waals surface area contributed by atoms with Gasteiger partial charge in [0.2, 0.25) is 0 Å². The molecule has 0 aromatic heterocycles. The van der Waals surface area contributed by atoms with Crippen LogP contribution in [0, 0.1) is 5.92 Å². The zero-order valence-corrected chi connectivity index (χ0v) is 12.6. The first-order chi connectivity index (χ1) is 9.54. The maximum atomic E-state index is 12.0. The molecule has 4 heteroatoms. The van der Waals surface area contributed by atoms with Crippen LogP contribution in [0.2, 0.25) is 0 Å². The molecule has 110 valence electrons. The van der Waals surface area contributed by atoms with Gasteiger partial charge in [-0.2, -0.15) is 0 Å². The van der Waals surface area contributed by atoms with E-state index in [0.29, 0.717) is 23.2 Å². The summed E-state index contributed by atoms with van der Waals surface area (Å²) in [5.41, 5.74) is 7.84. The molecule has 0 amide bonds. The van der Waals surface area contributed by atoms with Crippen molar-refractivity contribution in [2.45, 2.75) is 38.6 Å². The monoisotopic (exact) mass is 276 g/mol. The molecule has 0 bridgehead atoms. The fourth-order valence-electron chi connectivity index (χ4n) is 3.19. The molecule has 1 aliphatic carbocycles. The summed E-state index contributed by atoms with van der Waals surface area (Å²) < 4.78 is 4.88. The van der Waals surface area contributed by atoms with E-state index in [2.05, 4.69) is 18.9 Å². The van der Waals surface area contributed by atoms with Gasteiger partial charge < -0.3 is 15.4 Å². The van der Waals surface area contributed by atoms with Gasteiger partial charge in [0.1, 0.15) is 0 Å². The number of carbonyl (C=O) groups is 1. The third-order valence-electron chi connectivity index (χ3n) is 4.37. The highest BCUT2D eigenvalue weighted by Crippen LogP contribution is 2.32. The summed E-state index contributed by atoms with van der Waals surface area (Å²) in [4.78, 5) is 14.2. The summed E-state index contributed by atoms with van der Waals surface area (Å²) in [5, 5.41) is 0. The summed E-state index contributed by atoms with van der Waals surface area (Å²) >= 11 is 0. The van der Waals surface area contributed by atoms with E-state index in [9.17, 15) is 4.79 Å². The molecular weight excluding hydrogens is 252 g/mol. The first-order valence-electron chi connectivity index (χ1n) is 7.25. The lowest BCUT2D eigenvalue weighted by Crippen LogP contribution is -2.39. The van der Waals surface area contributed by atoms with Gasteiger partial charge in [-0.05, 0) is 37.0 Å². The molecule has 1 fully saturated rings. The Bertz CT molecular complexity index is 487. The van der Waals surface area contributed by atoms with Crippen molar-refractivity contribution in [3.05, 3.63) is 23.8 Å². The van der Waals surface area contributed by atoms with Gasteiger partial charge in [0.05, 0.1) is 18.4 Å². The molecule has 20 heavy (non-hydrogen) atoms. The van der Waals surface area contributed by atoms with Crippen LogP contribution in [0.4, 0.5) is 11.4 Å². The minimum atomic E-state index is -0.331. The Morgan fingerprint density at radius 3 is 2.70 bits per heavy atom. The number of nitrogen functional groups attached to an aromatic ring is 1. The van der Waals surface area contributed by atoms with Gasteiger partial charge in [-0.1, -0.05) is 19.8 Å². The number of methoxy groups -OCH3 is 1. The predicted molar refractivity (Wildman–Crippen MR) is 82.0 cm³/mol. The molecule has 1 aliphatic rings. The number of esters is 1. The molecule has 4 nitrogen and oxygen atoms in total. The number of anilines is 2. The van der Waals surface area contributed by atoms with Crippen LogP contribution < -0.4 is 10.6 Å². The second-order valence-corrected chi connectivity index (χ2v) is 5.71. The second kappa shape index (κ2) is 6.16. The number of carbonyl (C=O) groups excluding carboxylic acids is 1. The quantitative estimate of drug-likeness (QED) is 0.681. The van der Waals surface area contributed by atoms with Crippen LogP contribution in [0.25, 0.3) is 0 Å². The zero-order valence-electron chi connectivity index (χ0n) is 12.6. The summed E-state index contributed by atoms with van der Waals surface area (Å²) in [6.45, 7) is 2.29. The Balaban J connectivity index is 2.33. The van der Waals surface area contributed by atoms with Crippen molar-refractivity contribution in [2.75, 3.05) is 24.8 Å². The van der Waals surface area contributed by atoms with Gasteiger partial charge in [-0.15, -0.1) is 0 Å². The van der Waals surface area contributed by atoms with Crippen LogP contribution in [0.5, 0.6) is 0 Å². The molecule has 1 saturated carbocycles. The number of rotatable bonds is 3. The third kappa shape index (κ3) is 2.89. The van der Waals surface area contributed by atoms with E-state index in [1.54, 1.807) is 6.07 Å². The van der Waals surface area contributed by atoms with Crippen molar-refractivity contribution in [3.8, 4) is 0 Å². The molecule has 2 rings (SSSR count). The van der Waals surface area contributed by atoms with E-state index in [1.807, 2.05) is 12.1 Å². The fourth-order valence-corrected chi connectivity index (χ4v) is 3.19. The Kier molecular flexibility index (Phi) is 4.53. The van der Waals surface area contributed by atoms with Crippen LogP contribution >= 0.6 is 0 Å². The maximum Gasteiger partial charge on any atom is 0.340 e. The van der Waals surface area contributed by atoms with Crippen molar-refractivity contribution in [1.82, 2.24) is 0 Å². The molecule has 2 atom stereocenters. The molecule has 0 radical (unpaired) electrons. The number of hydrogen-bond acceptors (Lipinski definition) is 4.